The zero-order valence-electron chi connectivity index (χ0n) is 17.3. The summed E-state index contributed by atoms with van der Waals surface area (Å²) in [7, 11) is 0. The van der Waals surface area contributed by atoms with Crippen LogP contribution in [0.15, 0.2) is 72.8 Å². The van der Waals surface area contributed by atoms with Crippen LogP contribution in [0.4, 0.5) is 5.69 Å². The van der Waals surface area contributed by atoms with Crippen LogP contribution in [0.2, 0.25) is 5.02 Å². The summed E-state index contributed by atoms with van der Waals surface area (Å²) in [5, 5.41) is 3.22. The van der Waals surface area contributed by atoms with E-state index in [4.69, 9.17) is 11.6 Å². The van der Waals surface area contributed by atoms with Crippen LogP contribution in [0, 0.1) is 11.8 Å². The van der Waals surface area contributed by atoms with Crippen molar-refractivity contribution in [2.24, 2.45) is 11.8 Å². The minimum Gasteiger partial charge on any atom is -0.324 e. The van der Waals surface area contributed by atoms with Crippen molar-refractivity contribution >= 4 is 50.9 Å². The molecule has 1 aliphatic heterocycles. The molecule has 1 N–H and O–H groups in total. The molecule has 7 rings (SSSR count). The topological polar surface area (TPSA) is 66.5 Å². The average Bonchev–Trinajstić information content (AvgIpc) is 3.06. The lowest BCUT2D eigenvalue weighted by Gasteiger charge is -2.51. The normalized spacial score (nSPS) is 26.6. The number of carbonyl (C=O) groups is 3. The molecule has 0 saturated carbocycles. The van der Waals surface area contributed by atoms with Gasteiger partial charge in [-0.3, -0.25) is 19.3 Å². The number of nitrogens with one attached hydrogen (secondary N) is 1. The highest BCUT2D eigenvalue weighted by Gasteiger charge is 2.67. The van der Waals surface area contributed by atoms with Crippen LogP contribution in [0.3, 0.4) is 0 Å². The Kier molecular flexibility index (Phi) is 4.55. The van der Waals surface area contributed by atoms with E-state index in [0.717, 1.165) is 27.2 Å². The Labute approximate surface area is 203 Å². The number of likely N-dealkylation sites (tertiary alicyclic amines) is 1. The first-order valence-electron chi connectivity index (χ1n) is 10.7. The first-order valence-corrected chi connectivity index (χ1v) is 11.9. The van der Waals surface area contributed by atoms with Gasteiger partial charge >= 0.3 is 0 Å². The number of anilines is 1. The fraction of sp³-hybridized carbons (Fsp3) is 0.192. The number of hydrogen-bond donors (Lipinski definition) is 1. The van der Waals surface area contributed by atoms with Crippen molar-refractivity contribution in [3.05, 3.63) is 100 Å². The van der Waals surface area contributed by atoms with Gasteiger partial charge < -0.3 is 5.32 Å². The second kappa shape index (κ2) is 7.27. The van der Waals surface area contributed by atoms with E-state index < -0.39 is 22.1 Å². The first kappa shape index (κ1) is 20.6. The number of amides is 3. The van der Waals surface area contributed by atoms with E-state index in [2.05, 4.69) is 21.2 Å². The molecule has 7 heteroatoms. The van der Waals surface area contributed by atoms with Gasteiger partial charge in [0.05, 0.1) is 16.2 Å². The molecular formula is C26H18BrClN2O3. The Bertz CT molecular complexity index is 1310. The van der Waals surface area contributed by atoms with Crippen molar-refractivity contribution in [1.29, 1.82) is 0 Å². The van der Waals surface area contributed by atoms with Crippen LogP contribution in [0.5, 0.6) is 0 Å². The number of imide groups is 1. The van der Waals surface area contributed by atoms with E-state index in [-0.39, 0.29) is 24.3 Å². The molecule has 1 heterocycles. The second-order valence-corrected chi connectivity index (χ2v) is 10.4. The molecule has 3 amide bonds. The van der Waals surface area contributed by atoms with Gasteiger partial charge in [0.2, 0.25) is 17.7 Å². The van der Waals surface area contributed by atoms with E-state index in [1.54, 1.807) is 24.3 Å². The van der Waals surface area contributed by atoms with Gasteiger partial charge in [0.15, 0.2) is 0 Å². The van der Waals surface area contributed by atoms with Gasteiger partial charge in [0.25, 0.3) is 0 Å². The molecule has 0 aromatic heterocycles. The van der Waals surface area contributed by atoms with E-state index in [9.17, 15) is 14.4 Å². The third-order valence-electron chi connectivity index (χ3n) is 7.02. The number of carbonyl (C=O) groups excluding carboxylic acids is 3. The monoisotopic (exact) mass is 520 g/mol. The van der Waals surface area contributed by atoms with Crippen LogP contribution in [0.1, 0.15) is 28.2 Å². The third-order valence-corrected chi connectivity index (χ3v) is 8.60. The van der Waals surface area contributed by atoms with Crippen LogP contribution < -0.4 is 5.32 Å². The van der Waals surface area contributed by atoms with Crippen molar-refractivity contribution in [3.63, 3.8) is 0 Å². The molecule has 2 atom stereocenters. The molecule has 0 radical (unpaired) electrons. The van der Waals surface area contributed by atoms with Gasteiger partial charge in [-0.25, -0.2) is 0 Å². The molecule has 1 fully saturated rings. The Hall–Kier alpha value is -2.96. The number of rotatable bonds is 3. The van der Waals surface area contributed by atoms with Crippen molar-refractivity contribution in [3.8, 4) is 0 Å². The Morgan fingerprint density at radius 2 is 1.58 bits per heavy atom. The van der Waals surface area contributed by atoms with Gasteiger partial charge in [-0.1, -0.05) is 82.1 Å². The summed E-state index contributed by atoms with van der Waals surface area (Å²) in [5.74, 6) is -2.46. The summed E-state index contributed by atoms with van der Waals surface area (Å²) in [5.41, 5.74) is 4.66. The molecule has 0 spiro atoms. The number of benzene rings is 3. The number of halogens is 2. The van der Waals surface area contributed by atoms with Gasteiger partial charge in [0, 0.05) is 16.6 Å². The molecule has 4 aliphatic rings. The third kappa shape index (κ3) is 2.80. The van der Waals surface area contributed by atoms with Crippen LogP contribution in [-0.2, 0) is 18.7 Å². The van der Waals surface area contributed by atoms with Gasteiger partial charge in [-0.15, -0.1) is 0 Å². The molecule has 5 nitrogen and oxygen atoms in total. The minimum absolute atomic E-state index is 0.223. The maximum Gasteiger partial charge on any atom is 0.244 e. The fourth-order valence-electron chi connectivity index (χ4n) is 5.81. The van der Waals surface area contributed by atoms with Crippen LogP contribution >= 0.6 is 27.5 Å². The number of hydrogen-bond acceptors (Lipinski definition) is 3. The van der Waals surface area contributed by atoms with Crippen LogP contribution in [-0.4, -0.2) is 29.2 Å². The zero-order chi connectivity index (χ0) is 22.9. The molecule has 164 valence electrons. The molecule has 3 aromatic rings. The highest BCUT2D eigenvalue weighted by Crippen LogP contribution is 2.66. The second-order valence-electron chi connectivity index (χ2n) is 8.69. The van der Waals surface area contributed by atoms with E-state index in [0.29, 0.717) is 10.7 Å². The molecular weight excluding hydrogens is 504 g/mol. The maximum atomic E-state index is 13.7. The van der Waals surface area contributed by atoms with Gasteiger partial charge in [0.1, 0.15) is 6.54 Å². The van der Waals surface area contributed by atoms with Gasteiger partial charge in [-0.2, -0.15) is 0 Å². The lowest BCUT2D eigenvalue weighted by molar-refractivity contribution is -0.142. The predicted octanol–water partition coefficient (Wildman–Crippen LogP) is 4.68. The summed E-state index contributed by atoms with van der Waals surface area (Å²) in [4.78, 5) is 41.2. The summed E-state index contributed by atoms with van der Waals surface area (Å²) in [6, 6.07) is 22.7. The average molecular weight is 522 g/mol. The van der Waals surface area contributed by atoms with E-state index >= 15 is 0 Å². The predicted molar refractivity (Wildman–Crippen MR) is 128 cm³/mol. The number of nitrogens with zero attached hydrogens (tertiary/aromatic N) is 1. The SMILES string of the molecule is O=C(CN1C(=O)[C@@H]2C3c4ccccc4C(Br)(c4ccccc43)[C@H]2C1=O)Nc1cccc(Cl)c1. The highest BCUT2D eigenvalue weighted by atomic mass is 79.9. The molecule has 3 aliphatic carbocycles. The Balaban J connectivity index is 1.39. The van der Waals surface area contributed by atoms with Gasteiger partial charge in [-0.05, 0) is 40.5 Å². The van der Waals surface area contributed by atoms with Crippen molar-refractivity contribution in [1.82, 2.24) is 4.90 Å². The lowest BCUT2D eigenvalue weighted by Crippen LogP contribution is -2.50. The standard InChI is InChI=1S/C26H18BrClN2O3/c27-26-18-10-3-1-8-16(18)21(17-9-2-4-11-19(17)26)22-23(26)25(33)30(24(22)32)13-20(31)29-15-7-5-6-14(28)12-15/h1-12,21-23H,13H2,(H,29,31)/t21?,22-,23-,26?/m1/s1. The minimum atomic E-state index is -0.815. The quantitative estimate of drug-likeness (QED) is 0.402. The summed E-state index contributed by atoms with van der Waals surface area (Å²) < 4.78 is -0.815. The van der Waals surface area contributed by atoms with E-state index in [1.165, 1.54) is 0 Å². The zero-order valence-corrected chi connectivity index (χ0v) is 19.6. The number of alkyl halides is 1. The van der Waals surface area contributed by atoms with Crippen molar-refractivity contribution < 1.29 is 14.4 Å². The van der Waals surface area contributed by atoms with Crippen molar-refractivity contribution in [2.45, 2.75) is 10.2 Å². The Morgan fingerprint density at radius 1 is 0.939 bits per heavy atom. The largest absolute Gasteiger partial charge is 0.324 e. The molecule has 1 saturated heterocycles. The van der Waals surface area contributed by atoms with Crippen molar-refractivity contribution in [2.75, 3.05) is 11.9 Å². The van der Waals surface area contributed by atoms with E-state index in [1.807, 2.05) is 48.5 Å². The summed E-state index contributed by atoms with van der Waals surface area (Å²) in [6.45, 7) is -0.334. The Morgan fingerprint density at radius 3 is 2.21 bits per heavy atom. The summed E-state index contributed by atoms with van der Waals surface area (Å²) in [6.07, 6.45) is 0. The molecule has 2 bridgehead atoms. The first-order chi connectivity index (χ1) is 15.9. The highest BCUT2D eigenvalue weighted by molar-refractivity contribution is 9.09. The summed E-state index contributed by atoms with van der Waals surface area (Å²) >= 11 is 9.94. The molecule has 33 heavy (non-hydrogen) atoms. The molecule has 3 aromatic carbocycles. The maximum absolute atomic E-state index is 13.7. The fourth-order valence-corrected chi connectivity index (χ4v) is 7.20. The lowest BCUT2D eigenvalue weighted by atomic mass is 9.55. The van der Waals surface area contributed by atoms with Crippen LogP contribution in [0.25, 0.3) is 0 Å². The smallest absolute Gasteiger partial charge is 0.244 e. The molecule has 0 unspecified atom stereocenters.